The standard InChI is InChI=1S/C17H29N7O/c1-5-16-22-21-13-24(16)10-9-19-17(18-6-2)20-12-14(23(3)4)15-8-7-11-25-15/h7-8,11,13-14H,5-6,9-10,12H2,1-4H3,(H2,18,19,20). The van der Waals surface area contributed by atoms with Gasteiger partial charge in [0.05, 0.1) is 18.8 Å². The highest BCUT2D eigenvalue weighted by molar-refractivity contribution is 5.79. The Morgan fingerprint density at radius 2 is 2.20 bits per heavy atom. The molecule has 8 heteroatoms. The van der Waals surface area contributed by atoms with Crippen LogP contribution in [0.25, 0.3) is 0 Å². The number of hydrogen-bond acceptors (Lipinski definition) is 5. The van der Waals surface area contributed by atoms with Gasteiger partial charge in [0.2, 0.25) is 0 Å². The van der Waals surface area contributed by atoms with Crippen LogP contribution in [0, 0.1) is 0 Å². The van der Waals surface area contributed by atoms with E-state index in [1.165, 1.54) is 0 Å². The molecular formula is C17H29N7O. The smallest absolute Gasteiger partial charge is 0.191 e. The number of hydrogen-bond donors (Lipinski definition) is 2. The first-order valence-corrected chi connectivity index (χ1v) is 8.74. The number of nitrogens with zero attached hydrogens (tertiary/aromatic N) is 5. The predicted molar refractivity (Wildman–Crippen MR) is 98.5 cm³/mol. The summed E-state index contributed by atoms with van der Waals surface area (Å²) < 4.78 is 7.59. The van der Waals surface area contributed by atoms with Gasteiger partial charge in [-0.05, 0) is 33.2 Å². The number of likely N-dealkylation sites (N-methyl/N-ethyl adjacent to an activating group) is 1. The fourth-order valence-corrected chi connectivity index (χ4v) is 2.54. The number of nitrogens with one attached hydrogen (secondary N) is 2. The van der Waals surface area contributed by atoms with Crippen molar-refractivity contribution in [1.82, 2.24) is 30.3 Å². The first kappa shape index (κ1) is 19.0. The van der Waals surface area contributed by atoms with Crippen LogP contribution >= 0.6 is 0 Å². The average Bonchev–Trinajstić information content (AvgIpc) is 3.26. The van der Waals surface area contributed by atoms with Crippen LogP contribution in [0.5, 0.6) is 0 Å². The molecule has 0 aliphatic rings. The molecule has 0 saturated heterocycles. The molecule has 2 rings (SSSR count). The molecule has 0 amide bonds. The predicted octanol–water partition coefficient (Wildman–Crippen LogP) is 1.29. The highest BCUT2D eigenvalue weighted by Crippen LogP contribution is 2.18. The van der Waals surface area contributed by atoms with Gasteiger partial charge in [-0.15, -0.1) is 10.2 Å². The van der Waals surface area contributed by atoms with E-state index >= 15 is 0 Å². The van der Waals surface area contributed by atoms with Crippen molar-refractivity contribution in [3.63, 3.8) is 0 Å². The van der Waals surface area contributed by atoms with Crippen LogP contribution in [-0.2, 0) is 13.0 Å². The normalized spacial score (nSPS) is 13.2. The molecule has 0 aliphatic carbocycles. The van der Waals surface area contributed by atoms with E-state index in [9.17, 15) is 0 Å². The van der Waals surface area contributed by atoms with E-state index in [4.69, 9.17) is 9.41 Å². The number of guanidine groups is 1. The molecule has 0 spiro atoms. The second-order valence-corrected chi connectivity index (χ2v) is 5.94. The topological polar surface area (TPSA) is 83.5 Å². The first-order valence-electron chi connectivity index (χ1n) is 8.74. The third-order valence-electron chi connectivity index (χ3n) is 3.92. The molecule has 0 bridgehead atoms. The summed E-state index contributed by atoms with van der Waals surface area (Å²) >= 11 is 0. The second kappa shape index (κ2) is 9.83. The van der Waals surface area contributed by atoms with Crippen LogP contribution in [0.1, 0.15) is 31.5 Å². The molecule has 0 aromatic carbocycles. The van der Waals surface area contributed by atoms with Gasteiger partial charge >= 0.3 is 0 Å². The van der Waals surface area contributed by atoms with Crippen molar-refractivity contribution in [2.75, 3.05) is 33.7 Å². The van der Waals surface area contributed by atoms with E-state index in [2.05, 4.69) is 44.1 Å². The van der Waals surface area contributed by atoms with Crippen molar-refractivity contribution in [2.24, 2.45) is 4.99 Å². The van der Waals surface area contributed by atoms with Gasteiger partial charge in [-0.1, -0.05) is 6.92 Å². The van der Waals surface area contributed by atoms with Gasteiger partial charge in [-0.2, -0.15) is 0 Å². The van der Waals surface area contributed by atoms with Gasteiger partial charge in [0.25, 0.3) is 0 Å². The van der Waals surface area contributed by atoms with Gasteiger partial charge in [-0.25, -0.2) is 0 Å². The third-order valence-corrected chi connectivity index (χ3v) is 3.92. The molecule has 2 aromatic heterocycles. The summed E-state index contributed by atoms with van der Waals surface area (Å²) in [6.45, 7) is 7.12. The van der Waals surface area contributed by atoms with Crippen molar-refractivity contribution in [3.05, 3.63) is 36.3 Å². The van der Waals surface area contributed by atoms with Crippen LogP contribution in [0.2, 0.25) is 0 Å². The molecule has 8 nitrogen and oxygen atoms in total. The molecule has 2 N–H and O–H groups in total. The maximum Gasteiger partial charge on any atom is 0.191 e. The fraction of sp³-hybridized carbons (Fsp3) is 0.588. The highest BCUT2D eigenvalue weighted by Gasteiger charge is 2.16. The van der Waals surface area contributed by atoms with Gasteiger partial charge in [0.15, 0.2) is 5.96 Å². The van der Waals surface area contributed by atoms with Crippen LogP contribution in [0.15, 0.2) is 34.1 Å². The lowest BCUT2D eigenvalue weighted by Crippen LogP contribution is -2.39. The zero-order valence-corrected chi connectivity index (χ0v) is 15.6. The Hall–Kier alpha value is -2.35. The van der Waals surface area contributed by atoms with Gasteiger partial charge < -0.3 is 19.6 Å². The lowest BCUT2D eigenvalue weighted by Gasteiger charge is -2.21. The Balaban J connectivity index is 1.93. The molecule has 0 aliphatic heterocycles. The molecule has 0 saturated carbocycles. The van der Waals surface area contributed by atoms with Crippen molar-refractivity contribution < 1.29 is 4.42 Å². The maximum atomic E-state index is 5.54. The highest BCUT2D eigenvalue weighted by atomic mass is 16.3. The third kappa shape index (κ3) is 5.60. The van der Waals surface area contributed by atoms with E-state index in [0.717, 1.165) is 43.6 Å². The maximum absolute atomic E-state index is 5.54. The monoisotopic (exact) mass is 347 g/mol. The Labute approximate surface area is 149 Å². The second-order valence-electron chi connectivity index (χ2n) is 5.94. The minimum absolute atomic E-state index is 0.106. The molecule has 1 atom stereocenters. The molecule has 0 radical (unpaired) electrons. The Kier molecular flexibility index (Phi) is 7.46. The van der Waals surface area contributed by atoms with E-state index in [1.54, 1.807) is 12.6 Å². The summed E-state index contributed by atoms with van der Waals surface area (Å²) in [6.07, 6.45) is 4.34. The molecule has 1 unspecified atom stereocenters. The molecule has 25 heavy (non-hydrogen) atoms. The Bertz CT molecular complexity index is 633. The van der Waals surface area contributed by atoms with E-state index in [0.29, 0.717) is 6.54 Å². The van der Waals surface area contributed by atoms with Crippen LogP contribution in [0.4, 0.5) is 0 Å². The summed E-state index contributed by atoms with van der Waals surface area (Å²) in [7, 11) is 4.06. The summed E-state index contributed by atoms with van der Waals surface area (Å²) in [5.74, 6) is 2.71. The molecule has 2 heterocycles. The summed E-state index contributed by atoms with van der Waals surface area (Å²) in [5, 5.41) is 14.7. The zero-order chi connectivity index (χ0) is 18.1. The first-order chi connectivity index (χ1) is 12.2. The van der Waals surface area contributed by atoms with Crippen molar-refractivity contribution in [1.29, 1.82) is 0 Å². The van der Waals surface area contributed by atoms with Crippen LogP contribution in [0.3, 0.4) is 0 Å². The van der Waals surface area contributed by atoms with Crippen molar-refractivity contribution in [3.8, 4) is 0 Å². The molecule has 0 fully saturated rings. The number of aryl methyl sites for hydroxylation is 1. The number of furan rings is 1. The Morgan fingerprint density at radius 3 is 2.84 bits per heavy atom. The van der Waals surface area contributed by atoms with Gasteiger partial charge in [0.1, 0.15) is 17.9 Å². The quantitative estimate of drug-likeness (QED) is 0.525. The fourth-order valence-electron chi connectivity index (χ4n) is 2.54. The lowest BCUT2D eigenvalue weighted by atomic mass is 10.2. The summed E-state index contributed by atoms with van der Waals surface area (Å²) in [6, 6.07) is 4.00. The number of aliphatic imine (C=N–C) groups is 1. The van der Waals surface area contributed by atoms with Gasteiger partial charge in [-0.3, -0.25) is 9.89 Å². The van der Waals surface area contributed by atoms with E-state index < -0.39 is 0 Å². The largest absolute Gasteiger partial charge is 0.468 e. The SMILES string of the molecule is CCNC(=NCC(c1ccco1)N(C)C)NCCn1cnnc1CC. The van der Waals surface area contributed by atoms with E-state index in [1.807, 2.05) is 26.2 Å². The number of aromatic nitrogens is 3. The minimum Gasteiger partial charge on any atom is -0.468 e. The van der Waals surface area contributed by atoms with E-state index in [-0.39, 0.29) is 6.04 Å². The Morgan fingerprint density at radius 1 is 1.36 bits per heavy atom. The average molecular weight is 347 g/mol. The van der Waals surface area contributed by atoms with Crippen molar-refractivity contribution in [2.45, 2.75) is 32.9 Å². The lowest BCUT2D eigenvalue weighted by molar-refractivity contribution is 0.265. The summed E-state index contributed by atoms with van der Waals surface area (Å²) in [4.78, 5) is 6.81. The minimum atomic E-state index is 0.106. The summed E-state index contributed by atoms with van der Waals surface area (Å²) in [5.41, 5.74) is 0. The van der Waals surface area contributed by atoms with Crippen molar-refractivity contribution >= 4 is 5.96 Å². The zero-order valence-electron chi connectivity index (χ0n) is 15.6. The van der Waals surface area contributed by atoms with Crippen LogP contribution < -0.4 is 10.6 Å². The number of rotatable bonds is 9. The van der Waals surface area contributed by atoms with Crippen LogP contribution in [-0.4, -0.2) is 59.4 Å². The van der Waals surface area contributed by atoms with Gasteiger partial charge in [0, 0.05) is 26.1 Å². The molecule has 2 aromatic rings. The molecule has 138 valence electrons. The molecular weight excluding hydrogens is 318 g/mol.